The number of hydrogen-bond acceptors (Lipinski definition) is 6. The number of nitrogens with zero attached hydrogens (tertiary/aromatic N) is 3. The third-order valence-electron chi connectivity index (χ3n) is 2.26. The molecule has 0 unspecified atom stereocenters. The second kappa shape index (κ2) is 6.94. The predicted octanol–water partition coefficient (Wildman–Crippen LogP) is -0.255. The van der Waals surface area contributed by atoms with Gasteiger partial charge in [0.1, 0.15) is 6.61 Å². The van der Waals surface area contributed by atoms with Crippen LogP contribution < -0.4 is 5.14 Å². The van der Waals surface area contributed by atoms with Crippen LogP contribution in [-0.2, 0) is 32.6 Å². The van der Waals surface area contributed by atoms with E-state index in [1.807, 2.05) is 13.8 Å². The van der Waals surface area contributed by atoms with Gasteiger partial charge in [-0.1, -0.05) is 13.8 Å². The zero-order chi connectivity index (χ0) is 14.5. The number of sulfonamides is 1. The van der Waals surface area contributed by atoms with Crippen LogP contribution in [0, 0.1) is 5.92 Å². The van der Waals surface area contributed by atoms with Crippen LogP contribution in [0.25, 0.3) is 0 Å². The Bertz CT molecular complexity index is 498. The number of aromatic nitrogens is 3. The zero-order valence-corrected chi connectivity index (χ0v) is 12.2. The summed E-state index contributed by atoms with van der Waals surface area (Å²) in [6.45, 7) is 5.40. The van der Waals surface area contributed by atoms with Crippen molar-refractivity contribution < 1.29 is 17.9 Å². The van der Waals surface area contributed by atoms with Crippen molar-refractivity contribution in [3.05, 3.63) is 5.82 Å². The van der Waals surface area contributed by atoms with Crippen LogP contribution in [0.4, 0.5) is 0 Å². The van der Waals surface area contributed by atoms with Crippen LogP contribution in [0.15, 0.2) is 5.16 Å². The summed E-state index contributed by atoms with van der Waals surface area (Å²) in [5.74, 6) is 0.669. The highest BCUT2D eigenvalue weighted by molar-refractivity contribution is 7.89. The van der Waals surface area contributed by atoms with Crippen LogP contribution in [0.5, 0.6) is 0 Å². The summed E-state index contributed by atoms with van der Waals surface area (Å²) in [4.78, 5) is 0. The average Bonchev–Trinajstić information content (AvgIpc) is 2.66. The number of hydrogen-bond donors (Lipinski definition) is 1. The van der Waals surface area contributed by atoms with Crippen molar-refractivity contribution in [3.8, 4) is 0 Å². The quantitative estimate of drug-likeness (QED) is 0.661. The first-order valence-electron chi connectivity index (χ1n) is 5.87. The smallest absolute Gasteiger partial charge is 0.273 e. The van der Waals surface area contributed by atoms with Gasteiger partial charge in [-0.3, -0.25) is 4.57 Å². The molecule has 0 aliphatic heterocycles. The topological polar surface area (TPSA) is 109 Å². The summed E-state index contributed by atoms with van der Waals surface area (Å²) in [6, 6.07) is 0. The highest BCUT2D eigenvalue weighted by Gasteiger charge is 2.21. The molecule has 0 aliphatic carbocycles. The first-order valence-corrected chi connectivity index (χ1v) is 7.42. The minimum absolute atomic E-state index is 0.165. The van der Waals surface area contributed by atoms with E-state index in [4.69, 9.17) is 14.6 Å². The van der Waals surface area contributed by atoms with Crippen molar-refractivity contribution in [2.24, 2.45) is 11.1 Å². The number of rotatable bonds is 8. The van der Waals surface area contributed by atoms with E-state index in [0.29, 0.717) is 25.6 Å². The van der Waals surface area contributed by atoms with Crippen LogP contribution in [-0.4, -0.2) is 43.5 Å². The lowest BCUT2D eigenvalue weighted by Crippen LogP contribution is -2.21. The van der Waals surface area contributed by atoms with Gasteiger partial charge >= 0.3 is 0 Å². The Labute approximate surface area is 113 Å². The third kappa shape index (κ3) is 4.86. The molecule has 1 aromatic rings. The Hall–Kier alpha value is -1.03. The van der Waals surface area contributed by atoms with E-state index in [2.05, 4.69) is 10.2 Å². The summed E-state index contributed by atoms with van der Waals surface area (Å²) < 4.78 is 34.5. The van der Waals surface area contributed by atoms with Gasteiger partial charge < -0.3 is 9.47 Å². The molecule has 9 heteroatoms. The first-order chi connectivity index (χ1) is 8.86. The Morgan fingerprint density at radius 3 is 2.53 bits per heavy atom. The van der Waals surface area contributed by atoms with Gasteiger partial charge in [0.25, 0.3) is 15.2 Å². The van der Waals surface area contributed by atoms with Crippen molar-refractivity contribution >= 4 is 10.0 Å². The van der Waals surface area contributed by atoms with Gasteiger partial charge in [0, 0.05) is 13.7 Å². The summed E-state index contributed by atoms with van der Waals surface area (Å²) in [6.07, 6.45) is 0. The zero-order valence-electron chi connectivity index (χ0n) is 11.4. The lowest BCUT2D eigenvalue weighted by atomic mass is 10.2. The number of ether oxygens (including phenoxy) is 2. The largest absolute Gasteiger partial charge is 0.382 e. The third-order valence-corrected chi connectivity index (χ3v) is 3.07. The normalized spacial score (nSPS) is 12.3. The van der Waals surface area contributed by atoms with Gasteiger partial charge in [0.2, 0.25) is 0 Å². The molecular weight excluding hydrogens is 272 g/mol. The Kier molecular flexibility index (Phi) is 5.85. The molecule has 1 heterocycles. The highest BCUT2D eigenvalue weighted by Crippen LogP contribution is 2.11. The van der Waals surface area contributed by atoms with Crippen molar-refractivity contribution in [2.45, 2.75) is 32.2 Å². The van der Waals surface area contributed by atoms with Crippen LogP contribution in [0.1, 0.15) is 19.7 Å². The van der Waals surface area contributed by atoms with Crippen molar-refractivity contribution in [1.82, 2.24) is 14.8 Å². The van der Waals surface area contributed by atoms with E-state index in [1.165, 1.54) is 4.57 Å². The second-order valence-corrected chi connectivity index (χ2v) is 5.95. The number of nitrogens with two attached hydrogens (primary N) is 1. The van der Waals surface area contributed by atoms with E-state index < -0.39 is 10.0 Å². The van der Waals surface area contributed by atoms with E-state index >= 15 is 0 Å². The molecule has 0 spiro atoms. The second-order valence-electron chi connectivity index (χ2n) is 4.49. The van der Waals surface area contributed by atoms with Gasteiger partial charge in [0.05, 0.1) is 13.2 Å². The fourth-order valence-corrected chi connectivity index (χ4v) is 2.13. The molecule has 19 heavy (non-hydrogen) atoms. The van der Waals surface area contributed by atoms with Crippen LogP contribution in [0.2, 0.25) is 0 Å². The summed E-state index contributed by atoms with van der Waals surface area (Å²) in [7, 11) is -2.31. The maximum Gasteiger partial charge on any atom is 0.273 e. The molecule has 2 N–H and O–H groups in total. The molecule has 1 rings (SSSR count). The average molecular weight is 292 g/mol. The van der Waals surface area contributed by atoms with Crippen molar-refractivity contribution in [2.75, 3.05) is 20.3 Å². The standard InChI is InChI=1S/C10H20N4O4S/c1-8(2)6-14-9(7-18-5-4-17-3)12-13-10(14)19(11,15)16/h8H,4-7H2,1-3H3,(H2,11,15,16). The molecule has 0 atom stereocenters. The molecule has 8 nitrogen and oxygen atoms in total. The number of methoxy groups -OCH3 is 1. The van der Waals surface area contributed by atoms with Crippen LogP contribution in [0.3, 0.4) is 0 Å². The Morgan fingerprint density at radius 1 is 1.32 bits per heavy atom. The molecule has 0 aliphatic rings. The maximum atomic E-state index is 11.4. The van der Waals surface area contributed by atoms with E-state index in [9.17, 15) is 8.42 Å². The minimum atomic E-state index is -3.88. The lowest BCUT2D eigenvalue weighted by molar-refractivity contribution is 0.0567. The Morgan fingerprint density at radius 2 is 2.00 bits per heavy atom. The number of primary sulfonamides is 1. The minimum Gasteiger partial charge on any atom is -0.382 e. The molecule has 0 saturated heterocycles. The summed E-state index contributed by atoms with van der Waals surface area (Å²) in [5, 5.41) is 12.3. The monoisotopic (exact) mass is 292 g/mol. The fourth-order valence-electron chi connectivity index (χ4n) is 1.49. The highest BCUT2D eigenvalue weighted by atomic mass is 32.2. The molecule has 110 valence electrons. The molecule has 0 saturated carbocycles. The van der Waals surface area contributed by atoms with Gasteiger partial charge in [-0.2, -0.15) is 0 Å². The van der Waals surface area contributed by atoms with Crippen molar-refractivity contribution in [3.63, 3.8) is 0 Å². The van der Waals surface area contributed by atoms with Gasteiger partial charge in [-0.15, -0.1) is 10.2 Å². The molecular formula is C10H20N4O4S. The molecule has 0 amide bonds. The molecule has 0 aromatic carbocycles. The van der Waals surface area contributed by atoms with Crippen LogP contribution >= 0.6 is 0 Å². The van der Waals surface area contributed by atoms with E-state index in [-0.39, 0.29) is 17.7 Å². The van der Waals surface area contributed by atoms with Gasteiger partial charge in [0.15, 0.2) is 5.82 Å². The van der Waals surface area contributed by atoms with Gasteiger partial charge in [-0.25, -0.2) is 13.6 Å². The maximum absolute atomic E-state index is 11.4. The molecule has 0 fully saturated rings. The molecule has 0 radical (unpaired) electrons. The first kappa shape index (κ1) is 16.0. The lowest BCUT2D eigenvalue weighted by Gasteiger charge is -2.11. The van der Waals surface area contributed by atoms with Gasteiger partial charge in [-0.05, 0) is 5.92 Å². The predicted molar refractivity (Wildman–Crippen MR) is 67.8 cm³/mol. The molecule has 1 aromatic heterocycles. The Balaban J connectivity index is 2.88. The summed E-state index contributed by atoms with van der Waals surface area (Å²) in [5.41, 5.74) is 0. The van der Waals surface area contributed by atoms with E-state index in [0.717, 1.165) is 0 Å². The van der Waals surface area contributed by atoms with E-state index in [1.54, 1.807) is 7.11 Å². The summed E-state index contributed by atoms with van der Waals surface area (Å²) >= 11 is 0. The molecule has 0 bridgehead atoms. The van der Waals surface area contributed by atoms with Crippen molar-refractivity contribution in [1.29, 1.82) is 0 Å². The SMILES string of the molecule is COCCOCc1nnc(S(N)(=O)=O)n1CC(C)C. The fraction of sp³-hybridized carbons (Fsp3) is 0.800.